The molecule has 2 aromatic rings. The molecular formula is C16H15NO. The number of hydrogen-bond acceptors (Lipinski definition) is 2. The van der Waals surface area contributed by atoms with E-state index in [4.69, 9.17) is 10.00 Å². The quantitative estimate of drug-likeness (QED) is 0.753. The molecule has 90 valence electrons. The van der Waals surface area contributed by atoms with Crippen LogP contribution in [0.2, 0.25) is 0 Å². The molecule has 2 aromatic carbocycles. The third kappa shape index (κ3) is 2.36. The van der Waals surface area contributed by atoms with Gasteiger partial charge in [0.2, 0.25) is 0 Å². The Bertz CT molecular complexity index is 582. The first-order chi connectivity index (χ1) is 8.76. The maximum Gasteiger partial charge on any atom is 0.292 e. The van der Waals surface area contributed by atoms with Crippen molar-refractivity contribution in [3.63, 3.8) is 0 Å². The van der Waals surface area contributed by atoms with Gasteiger partial charge in [0.15, 0.2) is 0 Å². The van der Waals surface area contributed by atoms with Crippen LogP contribution in [0.4, 0.5) is 0 Å². The van der Waals surface area contributed by atoms with Gasteiger partial charge in [0, 0.05) is 0 Å². The first-order valence-corrected chi connectivity index (χ1v) is 6.01. The standard InChI is InChI=1S/C16H15NO/c1-3-13-10-15(14-7-5-4-6-8-14)9-12(2)16(13)18-11-17/h4-10H,3H2,1-2H3. The van der Waals surface area contributed by atoms with Crippen LogP contribution in [0.3, 0.4) is 0 Å². The molecule has 2 nitrogen and oxygen atoms in total. The van der Waals surface area contributed by atoms with Crippen LogP contribution in [-0.2, 0) is 6.42 Å². The van der Waals surface area contributed by atoms with Gasteiger partial charge in [-0.15, -0.1) is 5.26 Å². The maximum atomic E-state index is 8.68. The molecule has 0 radical (unpaired) electrons. The minimum atomic E-state index is 0.694. The molecule has 0 aliphatic carbocycles. The number of benzene rings is 2. The molecule has 2 rings (SSSR count). The molecule has 0 aromatic heterocycles. The molecule has 2 heteroatoms. The molecule has 0 saturated heterocycles. The molecule has 0 saturated carbocycles. The zero-order valence-corrected chi connectivity index (χ0v) is 10.6. The molecular weight excluding hydrogens is 222 g/mol. The Morgan fingerprint density at radius 3 is 2.44 bits per heavy atom. The van der Waals surface area contributed by atoms with Gasteiger partial charge < -0.3 is 4.74 Å². The summed E-state index contributed by atoms with van der Waals surface area (Å²) >= 11 is 0. The smallest absolute Gasteiger partial charge is 0.292 e. The number of aryl methyl sites for hydroxylation is 2. The van der Waals surface area contributed by atoms with Crippen molar-refractivity contribution in [2.75, 3.05) is 0 Å². The van der Waals surface area contributed by atoms with Gasteiger partial charge in [-0.05, 0) is 47.7 Å². The van der Waals surface area contributed by atoms with Crippen molar-refractivity contribution in [2.24, 2.45) is 0 Å². The lowest BCUT2D eigenvalue weighted by molar-refractivity contribution is 0.497. The summed E-state index contributed by atoms with van der Waals surface area (Å²) in [6.07, 6.45) is 2.60. The summed E-state index contributed by atoms with van der Waals surface area (Å²) in [5.41, 5.74) is 4.40. The monoisotopic (exact) mass is 237 g/mol. The largest absolute Gasteiger partial charge is 0.387 e. The highest BCUT2D eigenvalue weighted by Crippen LogP contribution is 2.30. The zero-order valence-electron chi connectivity index (χ0n) is 10.6. The Balaban J connectivity index is 2.53. The van der Waals surface area contributed by atoms with E-state index in [1.807, 2.05) is 25.1 Å². The fraction of sp³-hybridized carbons (Fsp3) is 0.188. The average molecular weight is 237 g/mol. The van der Waals surface area contributed by atoms with E-state index in [1.165, 1.54) is 5.56 Å². The van der Waals surface area contributed by atoms with Crippen LogP contribution in [0.5, 0.6) is 5.75 Å². The van der Waals surface area contributed by atoms with Crippen LogP contribution in [0.25, 0.3) is 11.1 Å². The van der Waals surface area contributed by atoms with Gasteiger partial charge in [0.1, 0.15) is 5.75 Å². The first-order valence-electron chi connectivity index (χ1n) is 6.01. The lowest BCUT2D eigenvalue weighted by Gasteiger charge is -2.11. The van der Waals surface area contributed by atoms with Crippen molar-refractivity contribution in [1.29, 1.82) is 5.26 Å². The normalized spacial score (nSPS) is 9.83. The van der Waals surface area contributed by atoms with E-state index in [0.717, 1.165) is 23.1 Å². The van der Waals surface area contributed by atoms with E-state index in [9.17, 15) is 0 Å². The van der Waals surface area contributed by atoms with Crippen molar-refractivity contribution in [1.82, 2.24) is 0 Å². The summed E-state index contributed by atoms with van der Waals surface area (Å²) in [5.74, 6) is 0.694. The van der Waals surface area contributed by atoms with E-state index in [1.54, 1.807) is 6.26 Å². The van der Waals surface area contributed by atoms with E-state index in [-0.39, 0.29) is 0 Å². The van der Waals surface area contributed by atoms with E-state index < -0.39 is 0 Å². The highest BCUT2D eigenvalue weighted by atomic mass is 16.5. The summed E-state index contributed by atoms with van der Waals surface area (Å²) < 4.78 is 5.06. The van der Waals surface area contributed by atoms with Crippen molar-refractivity contribution in [3.05, 3.63) is 53.6 Å². The van der Waals surface area contributed by atoms with Crippen molar-refractivity contribution >= 4 is 0 Å². The lowest BCUT2D eigenvalue weighted by Crippen LogP contribution is -1.94. The van der Waals surface area contributed by atoms with Gasteiger partial charge in [0.25, 0.3) is 6.26 Å². The van der Waals surface area contributed by atoms with Gasteiger partial charge in [0.05, 0.1) is 0 Å². The van der Waals surface area contributed by atoms with Crippen LogP contribution >= 0.6 is 0 Å². The average Bonchev–Trinajstić information content (AvgIpc) is 2.42. The molecule has 0 heterocycles. The third-order valence-corrected chi connectivity index (χ3v) is 2.99. The Hall–Kier alpha value is -2.27. The molecule has 0 N–H and O–H groups in total. The Labute approximate surface area is 107 Å². The number of hydrogen-bond donors (Lipinski definition) is 0. The van der Waals surface area contributed by atoms with Crippen LogP contribution in [0.1, 0.15) is 18.1 Å². The zero-order chi connectivity index (χ0) is 13.0. The first kappa shape index (κ1) is 12.2. The molecule has 0 aliphatic rings. The number of ether oxygens (including phenoxy) is 1. The summed E-state index contributed by atoms with van der Waals surface area (Å²) in [6, 6.07) is 14.4. The van der Waals surface area contributed by atoms with Crippen molar-refractivity contribution in [3.8, 4) is 23.1 Å². The van der Waals surface area contributed by atoms with Crippen molar-refractivity contribution < 1.29 is 4.74 Å². The SMILES string of the molecule is CCc1cc(-c2ccccc2)cc(C)c1OC#N. The molecule has 0 spiro atoms. The summed E-state index contributed by atoms with van der Waals surface area (Å²) in [6.45, 7) is 4.03. The Morgan fingerprint density at radius 1 is 1.11 bits per heavy atom. The minimum absolute atomic E-state index is 0.694. The third-order valence-electron chi connectivity index (χ3n) is 2.99. The lowest BCUT2D eigenvalue weighted by atomic mass is 9.98. The molecule has 0 amide bonds. The second kappa shape index (κ2) is 5.37. The highest BCUT2D eigenvalue weighted by Gasteiger charge is 2.09. The van der Waals surface area contributed by atoms with Crippen molar-refractivity contribution in [2.45, 2.75) is 20.3 Å². The minimum Gasteiger partial charge on any atom is -0.387 e. The topological polar surface area (TPSA) is 33.0 Å². The predicted molar refractivity (Wildman–Crippen MR) is 72.2 cm³/mol. The van der Waals surface area contributed by atoms with Gasteiger partial charge in [-0.2, -0.15) is 0 Å². The van der Waals surface area contributed by atoms with Gasteiger partial charge >= 0.3 is 0 Å². The van der Waals surface area contributed by atoms with Crippen LogP contribution in [0, 0.1) is 18.4 Å². The summed E-state index contributed by atoms with van der Waals surface area (Å²) in [4.78, 5) is 0. The van der Waals surface area contributed by atoms with E-state index >= 15 is 0 Å². The summed E-state index contributed by atoms with van der Waals surface area (Å²) in [7, 11) is 0. The van der Waals surface area contributed by atoms with Gasteiger partial charge in [-0.1, -0.05) is 37.3 Å². The van der Waals surface area contributed by atoms with E-state index in [2.05, 4.69) is 31.2 Å². The molecule has 0 aliphatic heterocycles. The number of rotatable bonds is 3. The molecule has 0 bridgehead atoms. The Morgan fingerprint density at radius 2 is 1.83 bits per heavy atom. The molecule has 0 unspecified atom stereocenters. The fourth-order valence-electron chi connectivity index (χ4n) is 2.10. The summed E-state index contributed by atoms with van der Waals surface area (Å²) in [5, 5.41) is 8.68. The molecule has 0 atom stereocenters. The second-order valence-electron chi connectivity index (χ2n) is 4.19. The van der Waals surface area contributed by atoms with E-state index in [0.29, 0.717) is 5.75 Å². The van der Waals surface area contributed by atoms with Crippen LogP contribution in [0.15, 0.2) is 42.5 Å². The predicted octanol–water partition coefficient (Wildman–Crippen LogP) is 4.08. The fourth-order valence-corrected chi connectivity index (χ4v) is 2.10. The van der Waals surface area contributed by atoms with Gasteiger partial charge in [-0.25, -0.2) is 0 Å². The molecule has 18 heavy (non-hydrogen) atoms. The van der Waals surface area contributed by atoms with Gasteiger partial charge in [-0.3, -0.25) is 0 Å². The second-order valence-corrected chi connectivity index (χ2v) is 4.19. The van der Waals surface area contributed by atoms with Crippen LogP contribution < -0.4 is 4.74 Å². The molecule has 0 fully saturated rings. The highest BCUT2D eigenvalue weighted by molar-refractivity contribution is 5.67. The van der Waals surface area contributed by atoms with Crippen LogP contribution in [-0.4, -0.2) is 0 Å². The number of nitriles is 1. The number of nitrogens with zero attached hydrogens (tertiary/aromatic N) is 1. The Kier molecular flexibility index (Phi) is 3.64. The maximum absolute atomic E-state index is 8.68.